The molecule has 0 saturated carbocycles. The van der Waals surface area contributed by atoms with Crippen molar-refractivity contribution in [1.29, 1.82) is 0 Å². The predicted octanol–water partition coefficient (Wildman–Crippen LogP) is 6.82. The van der Waals surface area contributed by atoms with Gasteiger partial charge in [0.1, 0.15) is 12.3 Å². The lowest BCUT2D eigenvalue weighted by Gasteiger charge is -2.15. The lowest BCUT2D eigenvalue weighted by Crippen LogP contribution is -2.25. The average molecular weight is 537 g/mol. The number of halogens is 6. The highest BCUT2D eigenvalue weighted by Crippen LogP contribution is 2.35. The highest BCUT2D eigenvalue weighted by Gasteiger charge is 2.37. The largest absolute Gasteiger partial charge is 0.490 e. The average Bonchev–Trinajstić information content (AvgIpc) is 3.14. The van der Waals surface area contributed by atoms with Crippen molar-refractivity contribution < 1.29 is 36.2 Å². The number of benzene rings is 3. The number of carbonyl (C=O) groups excluding carboxylic acids is 1. The zero-order valence-corrected chi connectivity index (χ0v) is 20.2. The lowest BCUT2D eigenvalue weighted by atomic mass is 10.1. The number of hydrogen-bond acceptors (Lipinski definition) is 4. The molecule has 3 aromatic rings. The molecule has 4 rings (SSSR count). The van der Waals surface area contributed by atoms with E-state index in [2.05, 4.69) is 5.10 Å². The lowest BCUT2D eigenvalue weighted by molar-refractivity contribution is -0.114. The third-order valence-electron chi connectivity index (χ3n) is 5.32. The van der Waals surface area contributed by atoms with E-state index in [1.807, 2.05) is 6.07 Å². The summed E-state index contributed by atoms with van der Waals surface area (Å²) in [5.74, 6) is -11.3. The van der Waals surface area contributed by atoms with Crippen LogP contribution in [0, 0.1) is 29.1 Å². The van der Waals surface area contributed by atoms with Gasteiger partial charge in [-0.2, -0.15) is 10.1 Å². The Morgan fingerprint density at radius 2 is 1.59 bits per heavy atom. The second kappa shape index (κ2) is 10.6. The van der Waals surface area contributed by atoms with E-state index in [-0.39, 0.29) is 22.9 Å². The van der Waals surface area contributed by atoms with Gasteiger partial charge in [-0.3, -0.25) is 4.79 Å². The number of hydrazone groups is 1. The van der Waals surface area contributed by atoms with Crippen LogP contribution in [0.3, 0.4) is 0 Å². The van der Waals surface area contributed by atoms with Crippen LogP contribution < -0.4 is 14.5 Å². The molecule has 0 fully saturated rings. The van der Waals surface area contributed by atoms with Crippen LogP contribution in [-0.4, -0.2) is 18.2 Å². The molecule has 0 aliphatic carbocycles. The number of carbonyl (C=O) groups is 1. The molecule has 0 unspecified atom stereocenters. The molecule has 3 aromatic carbocycles. The molecule has 0 spiro atoms. The molecule has 37 heavy (non-hydrogen) atoms. The highest BCUT2D eigenvalue weighted by molar-refractivity contribution is 6.32. The molecule has 1 aliphatic rings. The van der Waals surface area contributed by atoms with Gasteiger partial charge in [0.15, 0.2) is 34.8 Å². The minimum Gasteiger partial charge on any atom is -0.490 e. The van der Waals surface area contributed by atoms with E-state index in [1.165, 1.54) is 13.0 Å². The molecular weight excluding hydrogens is 519 g/mol. The Balaban J connectivity index is 1.63. The fourth-order valence-corrected chi connectivity index (χ4v) is 3.78. The predicted molar refractivity (Wildman–Crippen MR) is 128 cm³/mol. The summed E-state index contributed by atoms with van der Waals surface area (Å²) >= 11 is 6.00. The topological polar surface area (TPSA) is 51.1 Å². The van der Waals surface area contributed by atoms with Gasteiger partial charge in [-0.25, -0.2) is 22.0 Å². The number of hydrogen-bond donors (Lipinski definition) is 0. The molecule has 1 heterocycles. The van der Waals surface area contributed by atoms with Crippen LogP contribution in [0.25, 0.3) is 6.08 Å². The quantitative estimate of drug-likeness (QED) is 0.144. The van der Waals surface area contributed by atoms with E-state index < -0.39 is 40.7 Å². The second-order valence-corrected chi connectivity index (χ2v) is 8.27. The van der Waals surface area contributed by atoms with E-state index >= 15 is 0 Å². The summed E-state index contributed by atoms with van der Waals surface area (Å²) in [6.07, 6.45) is 1.36. The summed E-state index contributed by atoms with van der Waals surface area (Å²) in [7, 11) is 0. The number of anilines is 1. The van der Waals surface area contributed by atoms with Gasteiger partial charge in [0.05, 0.1) is 17.9 Å². The van der Waals surface area contributed by atoms with Crippen LogP contribution in [0.2, 0.25) is 5.02 Å². The number of nitrogens with zero attached hydrogens (tertiary/aromatic N) is 2. The second-order valence-electron chi connectivity index (χ2n) is 7.84. The fourth-order valence-electron chi connectivity index (χ4n) is 3.57. The normalized spacial score (nSPS) is 14.4. The summed E-state index contributed by atoms with van der Waals surface area (Å²) in [6, 6.07) is 11.9. The van der Waals surface area contributed by atoms with E-state index in [4.69, 9.17) is 21.1 Å². The first kappa shape index (κ1) is 26.2. The third kappa shape index (κ3) is 5.15. The molecule has 0 atom stereocenters. The third-order valence-corrected chi connectivity index (χ3v) is 5.56. The molecule has 192 valence electrons. The van der Waals surface area contributed by atoms with E-state index in [9.17, 15) is 26.7 Å². The Hall–Kier alpha value is -3.92. The van der Waals surface area contributed by atoms with Crippen molar-refractivity contribution in [2.24, 2.45) is 5.10 Å². The fraction of sp³-hybridized carbons (Fsp3) is 0.154. The highest BCUT2D eigenvalue weighted by atomic mass is 35.5. The monoisotopic (exact) mass is 536 g/mol. The number of rotatable bonds is 7. The van der Waals surface area contributed by atoms with Crippen molar-refractivity contribution >= 4 is 35.0 Å². The van der Waals surface area contributed by atoms with E-state index in [0.29, 0.717) is 28.7 Å². The van der Waals surface area contributed by atoms with E-state index in [1.54, 1.807) is 43.3 Å². The first-order chi connectivity index (χ1) is 17.6. The maximum absolute atomic E-state index is 14.3. The Labute approximate surface area is 213 Å². The van der Waals surface area contributed by atoms with Crippen molar-refractivity contribution in [3.8, 4) is 11.5 Å². The maximum Gasteiger partial charge on any atom is 0.280 e. The zero-order chi connectivity index (χ0) is 26.9. The van der Waals surface area contributed by atoms with Crippen molar-refractivity contribution in [2.75, 3.05) is 11.6 Å². The van der Waals surface area contributed by atoms with Crippen LogP contribution >= 0.6 is 11.6 Å². The summed E-state index contributed by atoms with van der Waals surface area (Å²) in [4.78, 5) is 12.9. The van der Waals surface area contributed by atoms with Crippen LogP contribution in [0.1, 0.15) is 25.0 Å². The van der Waals surface area contributed by atoms with Crippen LogP contribution in [0.15, 0.2) is 53.1 Å². The van der Waals surface area contributed by atoms with Gasteiger partial charge in [-0.1, -0.05) is 29.8 Å². The van der Waals surface area contributed by atoms with Gasteiger partial charge in [0.25, 0.3) is 5.91 Å². The first-order valence-electron chi connectivity index (χ1n) is 10.9. The zero-order valence-electron chi connectivity index (χ0n) is 19.4. The minimum absolute atomic E-state index is 0.00758. The minimum atomic E-state index is -2.33. The van der Waals surface area contributed by atoms with Crippen LogP contribution in [-0.2, 0) is 11.4 Å². The summed E-state index contributed by atoms with van der Waals surface area (Å²) in [6.45, 7) is 3.65. The SMILES string of the molecule is CCOc1cc(/C=C2\C(=O)N(c3c(F)c(F)c(F)c(F)c3F)N=C2C)ccc1OCc1cccc(Cl)c1. The van der Waals surface area contributed by atoms with Crippen LogP contribution in [0.4, 0.5) is 27.6 Å². The van der Waals surface area contributed by atoms with E-state index in [0.717, 1.165) is 5.56 Å². The molecule has 0 radical (unpaired) electrons. The summed E-state index contributed by atoms with van der Waals surface area (Å²) < 4.78 is 80.8. The van der Waals surface area contributed by atoms with Crippen molar-refractivity contribution in [3.05, 3.63) is 93.3 Å². The van der Waals surface area contributed by atoms with Gasteiger partial charge >= 0.3 is 0 Å². The maximum atomic E-state index is 14.3. The summed E-state index contributed by atoms with van der Waals surface area (Å²) in [5.41, 5.74) is -0.287. The molecule has 0 aromatic heterocycles. The Bertz CT molecular complexity index is 1430. The molecule has 11 heteroatoms. The summed E-state index contributed by atoms with van der Waals surface area (Å²) in [5, 5.41) is 4.44. The Kier molecular flexibility index (Phi) is 7.49. The van der Waals surface area contributed by atoms with Gasteiger partial charge in [-0.05, 0) is 55.3 Å². The van der Waals surface area contributed by atoms with Crippen molar-refractivity contribution in [1.82, 2.24) is 0 Å². The smallest absolute Gasteiger partial charge is 0.280 e. The van der Waals surface area contributed by atoms with Gasteiger partial charge in [0.2, 0.25) is 5.82 Å². The molecule has 0 bridgehead atoms. The first-order valence-corrected chi connectivity index (χ1v) is 11.3. The number of amides is 1. The van der Waals surface area contributed by atoms with Gasteiger partial charge in [-0.15, -0.1) is 0 Å². The van der Waals surface area contributed by atoms with Crippen molar-refractivity contribution in [3.63, 3.8) is 0 Å². The van der Waals surface area contributed by atoms with Crippen LogP contribution in [0.5, 0.6) is 11.5 Å². The Morgan fingerprint density at radius 1 is 0.919 bits per heavy atom. The molecular formula is C26H18ClF5N2O3. The molecule has 0 N–H and O–H groups in total. The van der Waals surface area contributed by atoms with Crippen molar-refractivity contribution in [2.45, 2.75) is 20.5 Å². The molecule has 1 amide bonds. The van der Waals surface area contributed by atoms with Gasteiger partial charge < -0.3 is 9.47 Å². The Morgan fingerprint density at radius 3 is 2.24 bits per heavy atom. The number of ether oxygens (including phenoxy) is 2. The van der Waals surface area contributed by atoms with Gasteiger partial charge in [0, 0.05) is 5.02 Å². The standard InChI is InChI=1S/C26H18ClF5N2O3/c1-3-36-19-11-14(7-8-18(19)37-12-15-5-4-6-16(27)9-15)10-17-13(2)33-34(26(17)35)25-23(31)21(29)20(28)22(30)24(25)32/h4-11H,3,12H2,1-2H3/b17-10-. The molecule has 5 nitrogen and oxygen atoms in total. The molecule has 1 aliphatic heterocycles. The molecule has 0 saturated heterocycles.